The fourth-order valence-corrected chi connectivity index (χ4v) is 2.70. The first kappa shape index (κ1) is 15.5. The van der Waals surface area contributed by atoms with Crippen molar-refractivity contribution >= 4 is 0 Å². The monoisotopic (exact) mass is 284 g/mol. The Morgan fingerprint density at radius 2 is 2.10 bits per heavy atom. The van der Waals surface area contributed by atoms with Gasteiger partial charge < -0.3 is 10.1 Å². The van der Waals surface area contributed by atoms with E-state index in [1.807, 2.05) is 12.3 Å². The Morgan fingerprint density at radius 3 is 2.71 bits per heavy atom. The molecule has 0 saturated heterocycles. The molecule has 1 aromatic carbocycles. The van der Waals surface area contributed by atoms with Gasteiger partial charge in [-0.25, -0.2) is 0 Å². The summed E-state index contributed by atoms with van der Waals surface area (Å²) in [7, 11) is 1.73. The van der Waals surface area contributed by atoms with E-state index in [9.17, 15) is 0 Å². The van der Waals surface area contributed by atoms with Gasteiger partial charge in [0.15, 0.2) is 0 Å². The molecule has 0 fully saturated rings. The van der Waals surface area contributed by atoms with E-state index in [1.54, 1.807) is 13.3 Å². The number of benzene rings is 1. The third-order valence-electron chi connectivity index (χ3n) is 3.62. The predicted octanol–water partition coefficient (Wildman–Crippen LogP) is 3.80. The predicted molar refractivity (Wildman–Crippen MR) is 86.8 cm³/mol. The molecule has 0 aliphatic rings. The molecular formula is C18H24N2O. The minimum absolute atomic E-state index is 0.106. The SMILES string of the molecule is CCCNC(c1cccnc1)c1c(C)cc(C)cc1OC. The first-order chi connectivity index (χ1) is 10.2. The zero-order chi connectivity index (χ0) is 15.2. The highest BCUT2D eigenvalue weighted by Crippen LogP contribution is 2.33. The molecule has 1 atom stereocenters. The summed E-state index contributed by atoms with van der Waals surface area (Å²) in [6.45, 7) is 7.36. The second-order valence-corrected chi connectivity index (χ2v) is 5.37. The average molecular weight is 284 g/mol. The Labute approximate surface area is 127 Å². The van der Waals surface area contributed by atoms with E-state index >= 15 is 0 Å². The van der Waals surface area contributed by atoms with Gasteiger partial charge in [0, 0.05) is 18.0 Å². The molecule has 2 aromatic rings. The van der Waals surface area contributed by atoms with Crippen LogP contribution >= 0.6 is 0 Å². The van der Waals surface area contributed by atoms with Crippen LogP contribution in [0.15, 0.2) is 36.7 Å². The lowest BCUT2D eigenvalue weighted by atomic mass is 9.93. The van der Waals surface area contributed by atoms with Gasteiger partial charge in [-0.1, -0.05) is 19.1 Å². The Balaban J connectivity index is 2.51. The van der Waals surface area contributed by atoms with Crippen molar-refractivity contribution in [1.82, 2.24) is 10.3 Å². The van der Waals surface area contributed by atoms with E-state index in [-0.39, 0.29) is 6.04 Å². The molecule has 0 radical (unpaired) electrons. The van der Waals surface area contributed by atoms with E-state index in [0.29, 0.717) is 0 Å². The summed E-state index contributed by atoms with van der Waals surface area (Å²) >= 11 is 0. The minimum Gasteiger partial charge on any atom is -0.496 e. The molecule has 0 aliphatic carbocycles. The first-order valence-electron chi connectivity index (χ1n) is 7.45. The molecule has 0 spiro atoms. The second-order valence-electron chi connectivity index (χ2n) is 5.37. The van der Waals surface area contributed by atoms with Crippen molar-refractivity contribution < 1.29 is 4.74 Å². The topological polar surface area (TPSA) is 34.2 Å². The highest BCUT2D eigenvalue weighted by molar-refractivity contribution is 5.48. The first-order valence-corrected chi connectivity index (χ1v) is 7.45. The van der Waals surface area contributed by atoms with Crippen LogP contribution in [0.2, 0.25) is 0 Å². The maximum atomic E-state index is 5.63. The van der Waals surface area contributed by atoms with Gasteiger partial charge in [-0.05, 0) is 55.6 Å². The van der Waals surface area contributed by atoms with E-state index in [0.717, 1.165) is 24.3 Å². The highest BCUT2D eigenvalue weighted by Gasteiger charge is 2.20. The van der Waals surface area contributed by atoms with Crippen LogP contribution in [0.1, 0.15) is 41.6 Å². The Bertz CT molecular complexity index is 581. The van der Waals surface area contributed by atoms with Crippen molar-refractivity contribution in [3.8, 4) is 5.75 Å². The van der Waals surface area contributed by atoms with Crippen LogP contribution in [0.25, 0.3) is 0 Å². The molecule has 21 heavy (non-hydrogen) atoms. The standard InChI is InChI=1S/C18H24N2O/c1-5-8-20-18(15-7-6-9-19-12-15)17-14(3)10-13(2)11-16(17)21-4/h6-7,9-12,18,20H,5,8H2,1-4H3. The molecule has 1 aromatic heterocycles. The number of methoxy groups -OCH3 is 1. The number of hydrogen-bond acceptors (Lipinski definition) is 3. The van der Waals surface area contributed by atoms with Gasteiger partial charge in [-0.15, -0.1) is 0 Å². The third kappa shape index (κ3) is 3.61. The summed E-state index contributed by atoms with van der Waals surface area (Å²) in [4.78, 5) is 4.26. The molecule has 0 bridgehead atoms. The van der Waals surface area contributed by atoms with Crippen LogP contribution in [0.3, 0.4) is 0 Å². The van der Waals surface area contributed by atoms with Crippen LogP contribution < -0.4 is 10.1 Å². The fourth-order valence-electron chi connectivity index (χ4n) is 2.70. The van der Waals surface area contributed by atoms with Crippen LogP contribution in [0.5, 0.6) is 5.75 Å². The molecule has 0 aliphatic heterocycles. The maximum Gasteiger partial charge on any atom is 0.124 e. The van der Waals surface area contributed by atoms with Crippen LogP contribution in [-0.2, 0) is 0 Å². The number of ether oxygens (including phenoxy) is 1. The Kier molecular flexibility index (Phi) is 5.34. The van der Waals surface area contributed by atoms with Crippen LogP contribution in [-0.4, -0.2) is 18.6 Å². The minimum atomic E-state index is 0.106. The van der Waals surface area contributed by atoms with E-state index in [1.165, 1.54) is 16.7 Å². The lowest BCUT2D eigenvalue weighted by Crippen LogP contribution is -2.24. The number of aryl methyl sites for hydroxylation is 2. The molecule has 1 heterocycles. The molecule has 1 N–H and O–H groups in total. The highest BCUT2D eigenvalue weighted by atomic mass is 16.5. The van der Waals surface area contributed by atoms with E-state index in [2.05, 4.69) is 49.3 Å². The van der Waals surface area contributed by atoms with Crippen molar-refractivity contribution in [2.24, 2.45) is 0 Å². The van der Waals surface area contributed by atoms with Crippen molar-refractivity contribution in [3.63, 3.8) is 0 Å². The van der Waals surface area contributed by atoms with Gasteiger partial charge in [0.2, 0.25) is 0 Å². The Morgan fingerprint density at radius 1 is 1.29 bits per heavy atom. The number of hydrogen-bond donors (Lipinski definition) is 1. The lowest BCUT2D eigenvalue weighted by molar-refractivity contribution is 0.402. The number of aromatic nitrogens is 1. The summed E-state index contributed by atoms with van der Waals surface area (Å²) in [6.07, 6.45) is 4.82. The molecule has 1 unspecified atom stereocenters. The van der Waals surface area contributed by atoms with Gasteiger partial charge in [-0.3, -0.25) is 4.98 Å². The summed E-state index contributed by atoms with van der Waals surface area (Å²) in [5.74, 6) is 0.935. The van der Waals surface area contributed by atoms with Gasteiger partial charge in [0.1, 0.15) is 5.75 Å². The number of nitrogens with zero attached hydrogens (tertiary/aromatic N) is 1. The summed E-state index contributed by atoms with van der Waals surface area (Å²) in [6, 6.07) is 8.49. The number of rotatable bonds is 6. The van der Waals surface area contributed by atoms with Gasteiger partial charge >= 0.3 is 0 Å². The fraction of sp³-hybridized carbons (Fsp3) is 0.389. The van der Waals surface area contributed by atoms with Crippen molar-refractivity contribution in [1.29, 1.82) is 0 Å². The van der Waals surface area contributed by atoms with Crippen molar-refractivity contribution in [2.45, 2.75) is 33.2 Å². The Hall–Kier alpha value is -1.87. The van der Waals surface area contributed by atoms with E-state index < -0.39 is 0 Å². The average Bonchev–Trinajstić information content (AvgIpc) is 2.49. The smallest absolute Gasteiger partial charge is 0.124 e. The van der Waals surface area contributed by atoms with Crippen LogP contribution in [0.4, 0.5) is 0 Å². The maximum absolute atomic E-state index is 5.63. The number of nitrogens with one attached hydrogen (secondary N) is 1. The molecule has 3 heteroatoms. The van der Waals surface area contributed by atoms with Gasteiger partial charge in [-0.2, -0.15) is 0 Å². The van der Waals surface area contributed by atoms with Crippen molar-refractivity contribution in [3.05, 3.63) is 58.9 Å². The molecule has 0 amide bonds. The van der Waals surface area contributed by atoms with Gasteiger partial charge in [0.05, 0.1) is 13.2 Å². The van der Waals surface area contributed by atoms with Crippen LogP contribution in [0, 0.1) is 13.8 Å². The largest absolute Gasteiger partial charge is 0.496 e. The normalized spacial score (nSPS) is 12.2. The number of pyridine rings is 1. The zero-order valence-corrected chi connectivity index (χ0v) is 13.3. The van der Waals surface area contributed by atoms with E-state index in [4.69, 9.17) is 4.74 Å². The summed E-state index contributed by atoms with van der Waals surface area (Å²) in [5, 5.41) is 3.62. The molecule has 0 saturated carbocycles. The lowest BCUT2D eigenvalue weighted by Gasteiger charge is -2.24. The summed E-state index contributed by atoms with van der Waals surface area (Å²) < 4.78 is 5.63. The van der Waals surface area contributed by atoms with Gasteiger partial charge in [0.25, 0.3) is 0 Å². The quantitative estimate of drug-likeness (QED) is 0.876. The molecule has 3 nitrogen and oxygen atoms in total. The van der Waals surface area contributed by atoms with Crippen molar-refractivity contribution in [2.75, 3.05) is 13.7 Å². The zero-order valence-electron chi connectivity index (χ0n) is 13.3. The molecular weight excluding hydrogens is 260 g/mol. The summed E-state index contributed by atoms with van der Waals surface area (Å²) in [5.41, 5.74) is 4.82. The third-order valence-corrected chi connectivity index (χ3v) is 3.62. The molecule has 112 valence electrons. The second kappa shape index (κ2) is 7.23. The molecule has 2 rings (SSSR count).